The summed E-state index contributed by atoms with van der Waals surface area (Å²) in [5.41, 5.74) is 0. The zero-order valence-electron chi connectivity index (χ0n) is 8.59. The molecule has 0 heterocycles. The van der Waals surface area contributed by atoms with Crippen molar-refractivity contribution in [1.82, 2.24) is 0 Å². The van der Waals surface area contributed by atoms with Crippen LogP contribution < -0.4 is 0 Å². The summed E-state index contributed by atoms with van der Waals surface area (Å²) in [6, 6.07) is 0. The topological polar surface area (TPSA) is 20.2 Å². The molecule has 1 heteroatoms. The molecule has 1 rings (SSSR count). The number of aliphatic hydroxyl groups is 1. The van der Waals surface area contributed by atoms with Crippen molar-refractivity contribution in [3.63, 3.8) is 0 Å². The van der Waals surface area contributed by atoms with Gasteiger partial charge in [-0.2, -0.15) is 0 Å². The van der Waals surface area contributed by atoms with Gasteiger partial charge in [0, 0.05) is 0 Å². The van der Waals surface area contributed by atoms with Crippen LogP contribution in [0.3, 0.4) is 0 Å². The molecule has 0 radical (unpaired) electrons. The van der Waals surface area contributed by atoms with Crippen LogP contribution in [0.5, 0.6) is 0 Å². The molecule has 0 bridgehead atoms. The fourth-order valence-electron chi connectivity index (χ4n) is 2.37. The average Bonchev–Trinajstić information content (AvgIpc) is 1.96. The third-order valence-electron chi connectivity index (χ3n) is 3.04. The first-order chi connectivity index (χ1) is 5.59. The maximum absolute atomic E-state index is 9.53. The molecule has 0 aromatic rings. The van der Waals surface area contributed by atoms with Gasteiger partial charge in [-0.25, -0.2) is 0 Å². The molecule has 1 unspecified atom stereocenters. The van der Waals surface area contributed by atoms with Crippen molar-refractivity contribution >= 4 is 0 Å². The highest BCUT2D eigenvalue weighted by Crippen LogP contribution is 2.32. The minimum absolute atomic E-state index is 0.0200. The molecule has 0 saturated heterocycles. The summed E-state index contributed by atoms with van der Waals surface area (Å²) in [5, 5.41) is 9.53. The summed E-state index contributed by atoms with van der Waals surface area (Å²) < 4.78 is 0. The van der Waals surface area contributed by atoms with E-state index in [0.29, 0.717) is 5.92 Å². The van der Waals surface area contributed by atoms with Crippen LogP contribution in [-0.2, 0) is 0 Å². The van der Waals surface area contributed by atoms with Gasteiger partial charge in [0.1, 0.15) is 0 Å². The van der Waals surface area contributed by atoms with Gasteiger partial charge in [0.2, 0.25) is 0 Å². The molecule has 1 aliphatic carbocycles. The van der Waals surface area contributed by atoms with Gasteiger partial charge in [-0.1, -0.05) is 20.8 Å². The number of aliphatic hydroxyl groups excluding tert-OH is 1. The zero-order chi connectivity index (χ0) is 9.14. The normalized spacial score (nSPS) is 37.2. The Kier molecular flexibility index (Phi) is 3.57. The molecule has 72 valence electrons. The third kappa shape index (κ3) is 2.78. The lowest BCUT2D eigenvalue weighted by atomic mass is 9.77. The lowest BCUT2D eigenvalue weighted by molar-refractivity contribution is 0.0526. The van der Waals surface area contributed by atoms with E-state index in [1.54, 1.807) is 0 Å². The zero-order valence-corrected chi connectivity index (χ0v) is 8.59. The Balaban J connectivity index is 2.30. The van der Waals surface area contributed by atoms with Crippen molar-refractivity contribution in [3.8, 4) is 0 Å². The van der Waals surface area contributed by atoms with E-state index in [4.69, 9.17) is 0 Å². The van der Waals surface area contributed by atoms with Crippen LogP contribution in [0.2, 0.25) is 0 Å². The van der Waals surface area contributed by atoms with E-state index in [2.05, 4.69) is 20.8 Å². The van der Waals surface area contributed by atoms with E-state index < -0.39 is 0 Å². The number of hydrogen-bond acceptors (Lipinski definition) is 1. The van der Waals surface area contributed by atoms with Crippen LogP contribution >= 0.6 is 0 Å². The largest absolute Gasteiger partial charge is 0.393 e. The predicted molar refractivity (Wildman–Crippen MR) is 52.0 cm³/mol. The van der Waals surface area contributed by atoms with Crippen molar-refractivity contribution in [2.45, 2.75) is 52.6 Å². The van der Waals surface area contributed by atoms with Gasteiger partial charge in [0.05, 0.1) is 6.10 Å². The first-order valence-electron chi connectivity index (χ1n) is 5.27. The van der Waals surface area contributed by atoms with Gasteiger partial charge >= 0.3 is 0 Å². The van der Waals surface area contributed by atoms with E-state index in [9.17, 15) is 5.11 Å². The first-order valence-corrected chi connectivity index (χ1v) is 5.27. The van der Waals surface area contributed by atoms with Gasteiger partial charge in [0.15, 0.2) is 0 Å². The second-order valence-corrected chi connectivity index (χ2v) is 4.85. The van der Waals surface area contributed by atoms with Crippen LogP contribution in [0.4, 0.5) is 0 Å². The van der Waals surface area contributed by atoms with E-state index in [-0.39, 0.29) is 6.10 Å². The molecular formula is C11H22O. The quantitative estimate of drug-likeness (QED) is 0.675. The fraction of sp³-hybridized carbons (Fsp3) is 1.00. The molecule has 0 amide bonds. The molecule has 0 aromatic heterocycles. The van der Waals surface area contributed by atoms with Crippen LogP contribution in [0, 0.1) is 17.8 Å². The van der Waals surface area contributed by atoms with Crippen molar-refractivity contribution in [2.75, 3.05) is 0 Å². The standard InChI is InChI=1S/C11H22O/c1-8(2)6-10-4-5-11(12)9(3)7-10/h8-12H,4-7H2,1-3H3/t9-,10+,11?/m0/s1. The van der Waals surface area contributed by atoms with Crippen molar-refractivity contribution in [1.29, 1.82) is 0 Å². The van der Waals surface area contributed by atoms with Crippen molar-refractivity contribution in [3.05, 3.63) is 0 Å². The second-order valence-electron chi connectivity index (χ2n) is 4.85. The van der Waals surface area contributed by atoms with Gasteiger partial charge in [-0.15, -0.1) is 0 Å². The average molecular weight is 170 g/mol. The molecule has 1 nitrogen and oxygen atoms in total. The first kappa shape index (κ1) is 10.0. The molecule has 12 heavy (non-hydrogen) atoms. The Labute approximate surface area is 76.2 Å². The third-order valence-corrected chi connectivity index (χ3v) is 3.04. The van der Waals surface area contributed by atoms with E-state index in [1.807, 2.05) is 0 Å². The molecule has 1 aliphatic rings. The van der Waals surface area contributed by atoms with Crippen molar-refractivity contribution < 1.29 is 5.11 Å². The molecule has 3 atom stereocenters. The summed E-state index contributed by atoms with van der Waals surface area (Å²) in [6.45, 7) is 6.75. The summed E-state index contributed by atoms with van der Waals surface area (Å²) in [6.07, 6.45) is 4.83. The summed E-state index contributed by atoms with van der Waals surface area (Å²) >= 11 is 0. The number of rotatable bonds is 2. The highest BCUT2D eigenvalue weighted by molar-refractivity contribution is 4.77. The van der Waals surface area contributed by atoms with E-state index >= 15 is 0 Å². The van der Waals surface area contributed by atoms with Gasteiger partial charge in [-0.05, 0) is 43.4 Å². The molecule has 0 spiro atoms. The van der Waals surface area contributed by atoms with Gasteiger partial charge < -0.3 is 5.11 Å². The van der Waals surface area contributed by atoms with Crippen LogP contribution in [0.15, 0.2) is 0 Å². The summed E-state index contributed by atoms with van der Waals surface area (Å²) in [7, 11) is 0. The van der Waals surface area contributed by atoms with Gasteiger partial charge in [0.25, 0.3) is 0 Å². The maximum Gasteiger partial charge on any atom is 0.0566 e. The Morgan fingerprint density at radius 2 is 2.00 bits per heavy atom. The Bertz CT molecular complexity index is 131. The van der Waals surface area contributed by atoms with Crippen LogP contribution in [-0.4, -0.2) is 11.2 Å². The molecular weight excluding hydrogens is 148 g/mol. The SMILES string of the molecule is CC(C)C[C@H]1CCC(O)[C@@H](C)C1. The highest BCUT2D eigenvalue weighted by Gasteiger charge is 2.25. The Hall–Kier alpha value is -0.0400. The fourth-order valence-corrected chi connectivity index (χ4v) is 2.37. The maximum atomic E-state index is 9.53. The monoisotopic (exact) mass is 170 g/mol. The Morgan fingerprint density at radius 1 is 1.33 bits per heavy atom. The highest BCUT2D eigenvalue weighted by atomic mass is 16.3. The predicted octanol–water partition coefficient (Wildman–Crippen LogP) is 2.83. The molecule has 1 fully saturated rings. The molecule has 1 saturated carbocycles. The lowest BCUT2D eigenvalue weighted by Crippen LogP contribution is -2.27. The lowest BCUT2D eigenvalue weighted by Gasteiger charge is -2.31. The van der Waals surface area contributed by atoms with Crippen LogP contribution in [0.25, 0.3) is 0 Å². The molecule has 0 aromatic carbocycles. The van der Waals surface area contributed by atoms with Crippen LogP contribution in [0.1, 0.15) is 46.5 Å². The minimum atomic E-state index is -0.0200. The van der Waals surface area contributed by atoms with Gasteiger partial charge in [-0.3, -0.25) is 0 Å². The molecule has 1 N–H and O–H groups in total. The minimum Gasteiger partial charge on any atom is -0.393 e. The summed E-state index contributed by atoms with van der Waals surface area (Å²) in [4.78, 5) is 0. The van der Waals surface area contributed by atoms with E-state index in [0.717, 1.165) is 18.3 Å². The number of hydrogen-bond donors (Lipinski definition) is 1. The Morgan fingerprint density at radius 3 is 2.50 bits per heavy atom. The summed E-state index contributed by atoms with van der Waals surface area (Å²) in [5.74, 6) is 2.23. The molecule has 0 aliphatic heterocycles. The van der Waals surface area contributed by atoms with Crippen molar-refractivity contribution in [2.24, 2.45) is 17.8 Å². The smallest absolute Gasteiger partial charge is 0.0566 e. The van der Waals surface area contributed by atoms with E-state index in [1.165, 1.54) is 19.3 Å². The second kappa shape index (κ2) is 4.27.